The fourth-order valence-electron chi connectivity index (χ4n) is 0.463. The summed E-state index contributed by atoms with van der Waals surface area (Å²) in [5.41, 5.74) is -1.56. The smallest absolute Gasteiger partial charge is 0.345 e. The van der Waals surface area contributed by atoms with Crippen molar-refractivity contribution in [3.63, 3.8) is 0 Å². The van der Waals surface area contributed by atoms with Crippen LogP contribution in [-0.2, 0) is 14.3 Å². The lowest BCUT2D eigenvalue weighted by atomic mass is 10.0. The Morgan fingerprint density at radius 3 is 2.23 bits per heavy atom. The highest BCUT2D eigenvalue weighted by atomic mass is 16.6. The molecule has 13 heavy (non-hydrogen) atoms. The van der Waals surface area contributed by atoms with Gasteiger partial charge >= 0.3 is 11.9 Å². The SMILES string of the molecule is CCC(C)(O)C(=O)OC(=O)C(C)C. The topological polar surface area (TPSA) is 63.6 Å². The molecule has 0 bridgehead atoms. The second-order valence-corrected chi connectivity index (χ2v) is 3.49. The highest BCUT2D eigenvalue weighted by molar-refractivity contribution is 5.90. The quantitative estimate of drug-likeness (QED) is 0.527. The molecule has 0 spiro atoms. The molecule has 1 unspecified atom stereocenters. The Labute approximate surface area is 77.9 Å². The molecular formula is C9H16O4. The molecule has 0 radical (unpaired) electrons. The fourth-order valence-corrected chi connectivity index (χ4v) is 0.463. The summed E-state index contributed by atoms with van der Waals surface area (Å²) in [6.45, 7) is 6.20. The van der Waals surface area contributed by atoms with Gasteiger partial charge in [-0.25, -0.2) is 4.79 Å². The number of rotatable bonds is 3. The van der Waals surface area contributed by atoms with Gasteiger partial charge in [0, 0.05) is 0 Å². The van der Waals surface area contributed by atoms with Crippen molar-refractivity contribution in [2.75, 3.05) is 0 Å². The summed E-state index contributed by atoms with van der Waals surface area (Å²) >= 11 is 0. The van der Waals surface area contributed by atoms with E-state index in [0.29, 0.717) is 0 Å². The summed E-state index contributed by atoms with van der Waals surface area (Å²) in [5, 5.41) is 9.40. The molecule has 0 saturated carbocycles. The largest absolute Gasteiger partial charge is 0.391 e. The maximum atomic E-state index is 11.1. The molecule has 0 aromatic carbocycles. The average molecular weight is 188 g/mol. The van der Waals surface area contributed by atoms with Crippen LogP contribution in [0.15, 0.2) is 0 Å². The first-order valence-corrected chi connectivity index (χ1v) is 4.29. The monoisotopic (exact) mass is 188 g/mol. The van der Waals surface area contributed by atoms with Gasteiger partial charge in [-0.3, -0.25) is 4.79 Å². The molecule has 0 aliphatic carbocycles. The lowest BCUT2D eigenvalue weighted by molar-refractivity contribution is -0.174. The Morgan fingerprint density at radius 2 is 1.92 bits per heavy atom. The molecule has 76 valence electrons. The minimum atomic E-state index is -1.56. The second kappa shape index (κ2) is 4.37. The Balaban J connectivity index is 4.24. The van der Waals surface area contributed by atoms with Crippen molar-refractivity contribution >= 4 is 11.9 Å². The maximum absolute atomic E-state index is 11.1. The van der Waals surface area contributed by atoms with Gasteiger partial charge in [-0.05, 0) is 13.3 Å². The zero-order valence-corrected chi connectivity index (χ0v) is 8.46. The first-order chi connectivity index (χ1) is 5.81. The predicted molar refractivity (Wildman–Crippen MR) is 46.9 cm³/mol. The summed E-state index contributed by atoms with van der Waals surface area (Å²) in [6.07, 6.45) is 0.219. The highest BCUT2D eigenvalue weighted by Crippen LogP contribution is 2.11. The first-order valence-electron chi connectivity index (χ1n) is 4.29. The van der Waals surface area contributed by atoms with Gasteiger partial charge in [0.2, 0.25) is 0 Å². The number of ether oxygens (including phenoxy) is 1. The molecule has 0 amide bonds. The normalized spacial score (nSPS) is 15.2. The third-order valence-corrected chi connectivity index (χ3v) is 1.79. The number of carbonyl (C=O) groups is 2. The molecule has 0 heterocycles. The van der Waals surface area contributed by atoms with E-state index in [1.165, 1.54) is 6.92 Å². The van der Waals surface area contributed by atoms with Gasteiger partial charge in [-0.15, -0.1) is 0 Å². The predicted octanol–water partition coefficient (Wildman–Crippen LogP) is 0.873. The van der Waals surface area contributed by atoms with Crippen LogP contribution in [0.3, 0.4) is 0 Å². The number of esters is 2. The van der Waals surface area contributed by atoms with E-state index in [2.05, 4.69) is 4.74 Å². The summed E-state index contributed by atoms with van der Waals surface area (Å²) in [5.74, 6) is -1.86. The third-order valence-electron chi connectivity index (χ3n) is 1.79. The first kappa shape index (κ1) is 12.1. The van der Waals surface area contributed by atoms with E-state index in [9.17, 15) is 14.7 Å². The number of carbonyl (C=O) groups excluding carboxylic acids is 2. The van der Waals surface area contributed by atoms with Crippen molar-refractivity contribution in [2.45, 2.75) is 39.7 Å². The highest BCUT2D eigenvalue weighted by Gasteiger charge is 2.32. The van der Waals surface area contributed by atoms with Gasteiger partial charge in [-0.2, -0.15) is 0 Å². The fraction of sp³-hybridized carbons (Fsp3) is 0.778. The molecule has 0 aliphatic rings. The lowest BCUT2D eigenvalue weighted by Gasteiger charge is -2.18. The van der Waals surface area contributed by atoms with Crippen molar-refractivity contribution in [3.05, 3.63) is 0 Å². The van der Waals surface area contributed by atoms with E-state index in [1.807, 2.05) is 0 Å². The Hall–Kier alpha value is -0.900. The van der Waals surface area contributed by atoms with Crippen LogP contribution in [0, 0.1) is 5.92 Å². The Morgan fingerprint density at radius 1 is 1.46 bits per heavy atom. The zero-order valence-electron chi connectivity index (χ0n) is 8.46. The van der Waals surface area contributed by atoms with Crippen LogP contribution in [0.4, 0.5) is 0 Å². The van der Waals surface area contributed by atoms with Crippen molar-refractivity contribution < 1.29 is 19.4 Å². The molecule has 0 aromatic heterocycles. The summed E-state index contributed by atoms with van der Waals surface area (Å²) < 4.78 is 4.44. The second-order valence-electron chi connectivity index (χ2n) is 3.49. The minimum Gasteiger partial charge on any atom is -0.391 e. The van der Waals surface area contributed by atoms with E-state index >= 15 is 0 Å². The summed E-state index contributed by atoms with van der Waals surface area (Å²) in [7, 11) is 0. The zero-order chi connectivity index (χ0) is 10.6. The minimum absolute atomic E-state index is 0.219. The van der Waals surface area contributed by atoms with E-state index in [1.54, 1.807) is 20.8 Å². The van der Waals surface area contributed by atoms with E-state index in [-0.39, 0.29) is 12.3 Å². The van der Waals surface area contributed by atoms with Crippen LogP contribution in [0.1, 0.15) is 34.1 Å². The molecule has 1 atom stereocenters. The Kier molecular flexibility index (Phi) is 4.07. The average Bonchev–Trinajstić information content (AvgIpc) is 2.04. The van der Waals surface area contributed by atoms with Crippen LogP contribution in [0.25, 0.3) is 0 Å². The third kappa shape index (κ3) is 3.55. The molecule has 0 aromatic rings. The lowest BCUT2D eigenvalue weighted by Crippen LogP contribution is -2.38. The van der Waals surface area contributed by atoms with Crippen LogP contribution in [0.2, 0.25) is 0 Å². The van der Waals surface area contributed by atoms with Crippen molar-refractivity contribution in [2.24, 2.45) is 5.92 Å². The molecule has 0 rings (SSSR count). The number of hydrogen-bond acceptors (Lipinski definition) is 4. The maximum Gasteiger partial charge on any atom is 0.345 e. The molecule has 4 nitrogen and oxygen atoms in total. The van der Waals surface area contributed by atoms with Crippen molar-refractivity contribution in [3.8, 4) is 0 Å². The van der Waals surface area contributed by atoms with Crippen LogP contribution >= 0.6 is 0 Å². The van der Waals surface area contributed by atoms with E-state index in [4.69, 9.17) is 0 Å². The molecule has 0 aliphatic heterocycles. The standard InChI is InChI=1S/C9H16O4/c1-5-9(4,12)8(11)13-7(10)6(2)3/h6,12H,5H2,1-4H3. The van der Waals surface area contributed by atoms with Gasteiger partial charge in [-0.1, -0.05) is 20.8 Å². The van der Waals surface area contributed by atoms with Gasteiger partial charge < -0.3 is 9.84 Å². The molecular weight excluding hydrogens is 172 g/mol. The van der Waals surface area contributed by atoms with E-state index in [0.717, 1.165) is 0 Å². The van der Waals surface area contributed by atoms with Crippen LogP contribution < -0.4 is 0 Å². The van der Waals surface area contributed by atoms with Crippen molar-refractivity contribution in [1.82, 2.24) is 0 Å². The molecule has 0 fully saturated rings. The number of hydrogen-bond donors (Lipinski definition) is 1. The van der Waals surface area contributed by atoms with E-state index < -0.39 is 17.5 Å². The summed E-state index contributed by atoms with van der Waals surface area (Å²) in [6, 6.07) is 0. The summed E-state index contributed by atoms with van der Waals surface area (Å²) in [4.78, 5) is 22.1. The Bertz CT molecular complexity index is 206. The van der Waals surface area contributed by atoms with Crippen LogP contribution in [0.5, 0.6) is 0 Å². The van der Waals surface area contributed by atoms with Gasteiger partial charge in [0.05, 0.1) is 5.92 Å². The van der Waals surface area contributed by atoms with Crippen molar-refractivity contribution in [1.29, 1.82) is 0 Å². The molecule has 4 heteroatoms. The van der Waals surface area contributed by atoms with Gasteiger partial charge in [0.1, 0.15) is 0 Å². The van der Waals surface area contributed by atoms with Gasteiger partial charge in [0.15, 0.2) is 5.60 Å². The van der Waals surface area contributed by atoms with Crippen LogP contribution in [-0.4, -0.2) is 22.6 Å². The molecule has 0 saturated heterocycles. The number of aliphatic hydroxyl groups is 1. The van der Waals surface area contributed by atoms with Gasteiger partial charge in [0.25, 0.3) is 0 Å². The molecule has 1 N–H and O–H groups in total.